The third-order valence-electron chi connectivity index (χ3n) is 9.28. The molecule has 1 saturated heterocycles. The SMILES string of the molecule is C=C1CC[C@]2([C@@H](O)C=C(CO[Si](C)(C)C(C)(C)C)CO[Si](C)(C)C(C)(C)C)OC(=O)[C@H]1C2(C)C. The second kappa shape index (κ2) is 9.29. The van der Waals surface area contributed by atoms with Crippen molar-refractivity contribution < 1.29 is 23.5 Å². The van der Waals surface area contributed by atoms with Gasteiger partial charge in [0.15, 0.2) is 16.6 Å². The van der Waals surface area contributed by atoms with Crippen molar-refractivity contribution in [1.82, 2.24) is 0 Å². The highest BCUT2D eigenvalue weighted by molar-refractivity contribution is 6.74. The van der Waals surface area contributed by atoms with Crippen LogP contribution in [0.5, 0.6) is 0 Å². The van der Waals surface area contributed by atoms with E-state index in [0.717, 1.165) is 11.1 Å². The van der Waals surface area contributed by atoms with Crippen LogP contribution in [0.2, 0.25) is 36.3 Å². The van der Waals surface area contributed by atoms with Gasteiger partial charge in [-0.3, -0.25) is 4.79 Å². The minimum absolute atomic E-state index is 0.0790. The van der Waals surface area contributed by atoms with E-state index >= 15 is 0 Å². The van der Waals surface area contributed by atoms with Crippen LogP contribution in [0.25, 0.3) is 0 Å². The normalized spacial score (nSPS) is 26.3. The average molecular weight is 511 g/mol. The largest absolute Gasteiger partial charge is 0.455 e. The first-order valence-corrected chi connectivity index (χ1v) is 18.5. The molecule has 0 spiro atoms. The van der Waals surface area contributed by atoms with Crippen LogP contribution < -0.4 is 0 Å². The highest BCUT2D eigenvalue weighted by atomic mass is 28.4. The Morgan fingerprint density at radius 3 is 1.94 bits per heavy atom. The molecule has 2 rings (SSSR count). The van der Waals surface area contributed by atoms with Gasteiger partial charge in [-0.05, 0) is 60.8 Å². The topological polar surface area (TPSA) is 65.0 Å². The first-order valence-electron chi connectivity index (χ1n) is 12.7. The van der Waals surface area contributed by atoms with Crippen LogP contribution in [0.15, 0.2) is 23.8 Å². The summed E-state index contributed by atoms with van der Waals surface area (Å²) in [4.78, 5) is 12.8. The van der Waals surface area contributed by atoms with Crippen molar-refractivity contribution in [3.63, 3.8) is 0 Å². The van der Waals surface area contributed by atoms with E-state index in [0.29, 0.717) is 26.1 Å². The van der Waals surface area contributed by atoms with Gasteiger partial charge in [0, 0.05) is 5.41 Å². The smallest absolute Gasteiger partial charge is 0.314 e. The molecule has 2 aliphatic rings. The first-order chi connectivity index (χ1) is 15.1. The van der Waals surface area contributed by atoms with Crippen molar-refractivity contribution in [1.29, 1.82) is 0 Å². The standard InChI is InChI=1S/C27H50O5Si2/c1-19-14-15-27(26(8,9)22(19)23(29)32-27)21(28)16-20(17-30-33(10,11)24(2,3)4)18-31-34(12,13)25(5,6)7/h16,21-22,28H,1,14-15,17-18H2,2-13H3/t21-,22-,27+/m0/s1. The monoisotopic (exact) mass is 510 g/mol. The minimum atomic E-state index is -2.00. The summed E-state index contributed by atoms with van der Waals surface area (Å²) in [7, 11) is -4.00. The molecule has 0 aromatic rings. The molecule has 1 aliphatic heterocycles. The van der Waals surface area contributed by atoms with Gasteiger partial charge in [-0.25, -0.2) is 0 Å². The molecule has 1 saturated carbocycles. The maximum atomic E-state index is 12.8. The quantitative estimate of drug-likeness (QED) is 0.226. The predicted molar refractivity (Wildman–Crippen MR) is 145 cm³/mol. The van der Waals surface area contributed by atoms with Crippen LogP contribution in [0.3, 0.4) is 0 Å². The molecule has 3 atom stereocenters. The Kier molecular flexibility index (Phi) is 8.06. The lowest BCUT2D eigenvalue weighted by molar-refractivity contribution is -0.164. The fourth-order valence-electron chi connectivity index (χ4n) is 4.51. The number of ether oxygens (including phenoxy) is 1. The fraction of sp³-hybridized carbons (Fsp3) is 0.815. The number of carbonyl (C=O) groups excluding carboxylic acids is 1. The van der Waals surface area contributed by atoms with E-state index in [1.165, 1.54) is 0 Å². The van der Waals surface area contributed by atoms with Gasteiger partial charge in [0.05, 0.1) is 19.1 Å². The number of aliphatic hydroxyl groups excluding tert-OH is 1. The molecule has 1 N–H and O–H groups in total. The molecule has 0 amide bonds. The highest BCUT2D eigenvalue weighted by Gasteiger charge is 2.66. The highest BCUT2D eigenvalue weighted by Crippen LogP contribution is 2.59. The molecule has 196 valence electrons. The van der Waals surface area contributed by atoms with E-state index in [9.17, 15) is 9.90 Å². The Labute approximate surface area is 210 Å². The molecule has 1 aliphatic carbocycles. The average Bonchev–Trinajstić information content (AvgIpc) is 2.75. The van der Waals surface area contributed by atoms with E-state index in [1.807, 2.05) is 19.9 Å². The molecule has 34 heavy (non-hydrogen) atoms. The van der Waals surface area contributed by atoms with E-state index in [4.69, 9.17) is 13.6 Å². The van der Waals surface area contributed by atoms with E-state index in [1.54, 1.807) is 0 Å². The molecule has 0 radical (unpaired) electrons. The van der Waals surface area contributed by atoms with E-state index in [-0.39, 0.29) is 22.0 Å². The van der Waals surface area contributed by atoms with Gasteiger partial charge in [-0.2, -0.15) is 0 Å². The Morgan fingerprint density at radius 2 is 1.53 bits per heavy atom. The molecule has 2 fully saturated rings. The summed E-state index contributed by atoms with van der Waals surface area (Å²) in [5.41, 5.74) is 0.314. The number of fused-ring (bicyclic) bond motifs is 2. The molecule has 0 aromatic heterocycles. The van der Waals surface area contributed by atoms with Gasteiger partial charge in [0.25, 0.3) is 0 Å². The summed E-state index contributed by atoms with van der Waals surface area (Å²) in [6, 6.07) is 0. The number of carbonyl (C=O) groups is 1. The number of hydrogen-bond donors (Lipinski definition) is 1. The first kappa shape index (κ1) is 29.5. The van der Waals surface area contributed by atoms with Crippen LogP contribution in [-0.4, -0.2) is 52.6 Å². The van der Waals surface area contributed by atoms with Crippen LogP contribution >= 0.6 is 0 Å². The van der Waals surface area contributed by atoms with Gasteiger partial charge in [0.2, 0.25) is 0 Å². The second-order valence-electron chi connectivity index (χ2n) is 14.0. The van der Waals surface area contributed by atoms with Crippen molar-refractivity contribution in [3.05, 3.63) is 23.8 Å². The fourth-order valence-corrected chi connectivity index (χ4v) is 6.47. The Bertz CT molecular complexity index is 797. The van der Waals surface area contributed by atoms with Gasteiger partial charge >= 0.3 is 5.97 Å². The summed E-state index contributed by atoms with van der Waals surface area (Å²) < 4.78 is 19.0. The maximum Gasteiger partial charge on any atom is 0.314 e. The predicted octanol–water partition coefficient (Wildman–Crippen LogP) is 6.61. The molecule has 7 heteroatoms. The molecule has 2 bridgehead atoms. The Hall–Kier alpha value is -0.736. The van der Waals surface area contributed by atoms with Crippen molar-refractivity contribution in [2.45, 2.75) is 116 Å². The van der Waals surface area contributed by atoms with Gasteiger partial charge in [-0.1, -0.05) is 67.5 Å². The summed E-state index contributed by atoms with van der Waals surface area (Å²) in [5, 5.41) is 11.7. The van der Waals surface area contributed by atoms with Crippen LogP contribution in [0.1, 0.15) is 68.2 Å². The van der Waals surface area contributed by atoms with Crippen molar-refractivity contribution >= 4 is 22.6 Å². The second-order valence-corrected chi connectivity index (χ2v) is 23.6. The summed E-state index contributed by atoms with van der Waals surface area (Å²) in [5.74, 6) is -0.642. The molecule has 5 nitrogen and oxygen atoms in total. The molecule has 1 heterocycles. The number of aliphatic hydroxyl groups is 1. The molecular formula is C27H50O5Si2. The summed E-state index contributed by atoms with van der Waals surface area (Å²) in [6.45, 7) is 31.2. The van der Waals surface area contributed by atoms with Crippen molar-refractivity contribution in [2.24, 2.45) is 11.3 Å². The summed E-state index contributed by atoms with van der Waals surface area (Å²) in [6.07, 6.45) is 2.16. The van der Waals surface area contributed by atoms with Gasteiger partial charge in [0.1, 0.15) is 11.7 Å². The number of rotatable bonds is 8. The molecule has 0 aromatic carbocycles. The lowest BCUT2D eigenvalue weighted by atomic mass is 9.58. The van der Waals surface area contributed by atoms with Crippen LogP contribution in [0.4, 0.5) is 0 Å². The van der Waals surface area contributed by atoms with E-state index < -0.39 is 33.8 Å². The Balaban J connectivity index is 2.38. The summed E-state index contributed by atoms with van der Waals surface area (Å²) >= 11 is 0. The van der Waals surface area contributed by atoms with Gasteiger partial charge in [-0.15, -0.1) is 0 Å². The zero-order valence-corrected chi connectivity index (χ0v) is 25.8. The third-order valence-corrected chi connectivity index (χ3v) is 18.2. The van der Waals surface area contributed by atoms with Crippen molar-refractivity contribution in [2.75, 3.05) is 13.2 Å². The van der Waals surface area contributed by atoms with Crippen LogP contribution in [-0.2, 0) is 18.4 Å². The Morgan fingerprint density at radius 1 is 1.09 bits per heavy atom. The lowest BCUT2D eigenvalue weighted by Crippen LogP contribution is -2.55. The maximum absolute atomic E-state index is 12.8. The molecular weight excluding hydrogens is 460 g/mol. The molecule has 0 unspecified atom stereocenters. The van der Waals surface area contributed by atoms with Crippen LogP contribution in [0, 0.1) is 11.3 Å². The number of esters is 1. The number of hydrogen-bond acceptors (Lipinski definition) is 5. The zero-order chi connectivity index (χ0) is 26.5. The third kappa shape index (κ3) is 5.33. The van der Waals surface area contributed by atoms with E-state index in [2.05, 4.69) is 74.3 Å². The van der Waals surface area contributed by atoms with Gasteiger partial charge < -0.3 is 18.7 Å². The van der Waals surface area contributed by atoms with Crippen molar-refractivity contribution in [3.8, 4) is 0 Å². The zero-order valence-electron chi connectivity index (χ0n) is 23.8. The lowest BCUT2D eigenvalue weighted by Gasteiger charge is -2.47. The minimum Gasteiger partial charge on any atom is -0.455 e.